The van der Waals surface area contributed by atoms with Gasteiger partial charge in [-0.2, -0.15) is 0 Å². The molecule has 0 aliphatic carbocycles. The first-order chi connectivity index (χ1) is 39.1. The molecule has 10 aromatic rings. The van der Waals surface area contributed by atoms with Crippen molar-refractivity contribution < 1.29 is 14.2 Å². The third kappa shape index (κ3) is 7.18. The van der Waals surface area contributed by atoms with E-state index >= 15 is 0 Å². The van der Waals surface area contributed by atoms with Crippen LogP contribution in [0.4, 0.5) is 39.8 Å². The Balaban J connectivity index is 0.970. The van der Waals surface area contributed by atoms with Gasteiger partial charge in [0.15, 0.2) is 0 Å². The summed E-state index contributed by atoms with van der Waals surface area (Å²) in [5.41, 5.74) is 24.3. The molecule has 0 fully saturated rings. The first-order valence-corrected chi connectivity index (χ1v) is 32.7. The number of aryl methyl sites for hydroxylation is 3. The molecule has 0 bridgehead atoms. The molecule has 82 heavy (non-hydrogen) atoms. The molecular formula is C69H62B3N3O3S4. The van der Waals surface area contributed by atoms with Gasteiger partial charge < -0.3 is 19.1 Å². The van der Waals surface area contributed by atoms with Crippen molar-refractivity contribution in [2.75, 3.05) is 26.0 Å². The van der Waals surface area contributed by atoms with Gasteiger partial charge in [0.05, 0.1) is 17.1 Å². The summed E-state index contributed by atoms with van der Waals surface area (Å²) >= 11 is 7.30. The summed E-state index contributed by atoms with van der Waals surface area (Å²) in [7, 11) is 0. The lowest BCUT2D eigenvalue weighted by Gasteiger charge is -2.44. The van der Waals surface area contributed by atoms with Crippen LogP contribution >= 0.6 is 46.6 Å². The summed E-state index contributed by atoms with van der Waals surface area (Å²) in [6, 6.07) is 47.4. The summed E-state index contributed by atoms with van der Waals surface area (Å²) in [5.74, 6) is 5.68. The minimum absolute atomic E-state index is 0.00517. The number of thiophene rings is 2. The summed E-state index contributed by atoms with van der Waals surface area (Å²) in [6.07, 6.45) is 4.42. The zero-order chi connectivity index (χ0) is 56.5. The van der Waals surface area contributed by atoms with Crippen LogP contribution in [0.2, 0.25) is 0 Å². The maximum atomic E-state index is 7.40. The van der Waals surface area contributed by atoms with E-state index in [1.54, 1.807) is 23.9 Å². The molecule has 2 aromatic heterocycles. The van der Waals surface area contributed by atoms with Crippen molar-refractivity contribution in [3.63, 3.8) is 0 Å². The zero-order valence-electron chi connectivity index (χ0n) is 49.0. The van der Waals surface area contributed by atoms with Gasteiger partial charge in [-0.15, -0.1) is 22.7 Å². The molecule has 404 valence electrons. The second kappa shape index (κ2) is 17.2. The van der Waals surface area contributed by atoms with E-state index in [2.05, 4.69) is 230 Å². The molecule has 8 aromatic carbocycles. The average molecular weight is 1140 g/mol. The second-order valence-electron chi connectivity index (χ2n) is 26.7. The highest BCUT2D eigenvalue weighted by Gasteiger charge is 2.50. The number of ether oxygens (including phenoxy) is 3. The fraction of sp³-hybridized carbons (Fsp3) is 0.246. The van der Waals surface area contributed by atoms with Crippen molar-refractivity contribution >= 4 is 174 Å². The van der Waals surface area contributed by atoms with Crippen molar-refractivity contribution in [1.82, 2.24) is 0 Å². The lowest BCUT2D eigenvalue weighted by molar-refractivity contribution is 0.487. The molecule has 0 amide bonds. The van der Waals surface area contributed by atoms with Crippen LogP contribution in [0.1, 0.15) is 95.7 Å². The van der Waals surface area contributed by atoms with Gasteiger partial charge in [-0.25, -0.2) is 0 Å². The van der Waals surface area contributed by atoms with Gasteiger partial charge >= 0.3 is 0 Å². The van der Waals surface area contributed by atoms with Gasteiger partial charge in [-0.3, -0.25) is 8.61 Å². The molecule has 6 aliphatic rings. The molecule has 0 saturated carbocycles. The van der Waals surface area contributed by atoms with Gasteiger partial charge in [0.25, 0.3) is 20.1 Å². The van der Waals surface area contributed by atoms with Crippen molar-refractivity contribution in [1.29, 1.82) is 0 Å². The second-order valence-corrected chi connectivity index (χ2v) is 30.3. The molecule has 13 heteroatoms. The van der Waals surface area contributed by atoms with E-state index in [9.17, 15) is 0 Å². The van der Waals surface area contributed by atoms with Gasteiger partial charge in [-0.05, 0) is 211 Å². The molecule has 0 radical (unpaired) electrons. The van der Waals surface area contributed by atoms with E-state index in [0.717, 1.165) is 51.4 Å². The van der Waals surface area contributed by atoms with E-state index < -0.39 is 0 Å². The molecule has 6 aliphatic heterocycles. The van der Waals surface area contributed by atoms with Crippen LogP contribution in [0, 0.1) is 20.8 Å². The molecule has 0 unspecified atom stereocenters. The number of anilines is 7. The number of nitrogens with zero attached hydrogens (tertiary/aromatic N) is 3. The quantitative estimate of drug-likeness (QED) is 0.128. The Morgan fingerprint density at radius 2 is 0.817 bits per heavy atom. The SMILES string of the molecule is CSN1c2cc3c(cc2B2c4cc5c(cc4Oc4cc(C)cc1c42)N(SC)c1cc(C)cc2c1B5c1sc4ccc(C(C)(C)C)cc4c1O2)B1c2sc4ccc(C(C)(C)C)cc4c2Oc2cc(C)cc(c21)N3c1ccc(C(C)(C)C)cc1. The molecule has 16 rings (SSSR count). The van der Waals surface area contributed by atoms with Crippen LogP contribution in [-0.2, 0) is 16.2 Å². The minimum Gasteiger partial charge on any atom is -0.458 e. The van der Waals surface area contributed by atoms with E-state index in [1.165, 1.54) is 124 Å². The Bertz CT molecular complexity index is 4510. The Labute approximate surface area is 499 Å². The number of hydrogen-bond donors (Lipinski definition) is 0. The highest BCUT2D eigenvalue weighted by atomic mass is 32.2. The predicted molar refractivity (Wildman–Crippen MR) is 360 cm³/mol. The summed E-state index contributed by atoms with van der Waals surface area (Å²) in [6.45, 7) is 27.0. The highest BCUT2D eigenvalue weighted by Crippen LogP contribution is 2.50. The van der Waals surface area contributed by atoms with Gasteiger partial charge in [0.1, 0.15) is 34.5 Å². The molecule has 0 saturated heterocycles. The Hall–Kier alpha value is -6.63. The third-order valence-corrected chi connectivity index (χ3v) is 22.1. The zero-order valence-corrected chi connectivity index (χ0v) is 52.2. The maximum absolute atomic E-state index is 7.40. The molecular weight excluding hydrogens is 1080 g/mol. The van der Waals surface area contributed by atoms with E-state index in [4.69, 9.17) is 14.2 Å². The normalized spacial score (nSPS) is 15.0. The van der Waals surface area contributed by atoms with Crippen molar-refractivity contribution in [2.24, 2.45) is 0 Å². The van der Waals surface area contributed by atoms with E-state index in [-0.39, 0.29) is 36.4 Å². The number of rotatable bonds is 3. The Kier molecular flexibility index (Phi) is 10.7. The Morgan fingerprint density at radius 1 is 0.390 bits per heavy atom. The molecule has 0 spiro atoms. The van der Waals surface area contributed by atoms with E-state index in [0.29, 0.717) is 0 Å². The fourth-order valence-electron chi connectivity index (χ4n) is 14.2. The standard InChI is InChI=1S/C69H62B3N3O3S4/c1-35-23-51-60-56(27-35)77-63-42-29-39(68(7,8)9)17-21-58(42)81-65(63)71(60)44-31-45-49(33-48(44)73(51)41-19-15-38(16-20-41)67(4,5)6)74(79-13)52-24-36(2)26-55-61(52)70(45)47-32-46-50(34-54(47)76-55)75(80-14)53-25-37(3)28-57-62(53)72(46)66-64(78-57)43-30-40(69(10,11)12)18-22-59(43)82-66/h15-34H,1-14H3. The van der Waals surface area contributed by atoms with Gasteiger partial charge in [0, 0.05) is 71.1 Å². The average Bonchev–Trinajstić information content (AvgIpc) is 1.25. The first kappa shape index (κ1) is 51.0. The monoisotopic (exact) mass is 1140 g/mol. The van der Waals surface area contributed by atoms with Crippen LogP contribution in [0.15, 0.2) is 121 Å². The third-order valence-electron chi connectivity index (χ3n) is 18.2. The largest absolute Gasteiger partial charge is 0.458 e. The maximum Gasteiger partial charge on any atom is 0.268 e. The molecule has 6 nitrogen and oxygen atoms in total. The molecule has 0 N–H and O–H groups in total. The van der Waals surface area contributed by atoms with Crippen LogP contribution < -0.4 is 75.5 Å². The van der Waals surface area contributed by atoms with E-state index in [1.807, 2.05) is 22.7 Å². The van der Waals surface area contributed by atoms with Gasteiger partial charge in [0.2, 0.25) is 0 Å². The van der Waals surface area contributed by atoms with Crippen LogP contribution in [0.3, 0.4) is 0 Å². The number of fused-ring (bicyclic) bond motifs is 16. The molecule has 0 atom stereocenters. The smallest absolute Gasteiger partial charge is 0.268 e. The summed E-state index contributed by atoms with van der Waals surface area (Å²) in [5, 5.41) is 2.38. The molecule has 8 heterocycles. The summed E-state index contributed by atoms with van der Waals surface area (Å²) < 4.78 is 31.9. The van der Waals surface area contributed by atoms with Crippen molar-refractivity contribution in [2.45, 2.75) is 99.3 Å². The summed E-state index contributed by atoms with van der Waals surface area (Å²) in [4.78, 5) is 2.54. The topological polar surface area (TPSA) is 37.4 Å². The van der Waals surface area contributed by atoms with Gasteiger partial charge in [-0.1, -0.05) is 98.7 Å². The lowest BCUT2D eigenvalue weighted by atomic mass is 9.30. The Morgan fingerprint density at radius 3 is 1.33 bits per heavy atom. The lowest BCUT2D eigenvalue weighted by Crippen LogP contribution is -2.64. The van der Waals surface area contributed by atoms with Crippen molar-refractivity contribution in [3.05, 3.63) is 155 Å². The van der Waals surface area contributed by atoms with Crippen LogP contribution in [-0.4, -0.2) is 32.6 Å². The predicted octanol–water partition coefficient (Wildman–Crippen LogP) is 14.0. The van der Waals surface area contributed by atoms with Crippen LogP contribution in [0.25, 0.3) is 20.2 Å². The number of hydrogen-bond acceptors (Lipinski definition) is 10. The van der Waals surface area contributed by atoms with Crippen LogP contribution in [0.5, 0.6) is 34.5 Å². The fourth-order valence-corrected chi connectivity index (χ4v) is 18.1. The van der Waals surface area contributed by atoms with Crippen molar-refractivity contribution in [3.8, 4) is 34.5 Å². The minimum atomic E-state index is -0.143. The number of benzene rings is 8. The highest BCUT2D eigenvalue weighted by molar-refractivity contribution is 8.00. The first-order valence-electron chi connectivity index (χ1n) is 28.7.